The summed E-state index contributed by atoms with van der Waals surface area (Å²) >= 11 is 0. The van der Waals surface area contributed by atoms with Crippen LogP contribution in [0.1, 0.15) is 24.7 Å². The lowest BCUT2D eigenvalue weighted by molar-refractivity contribution is -0.138. The van der Waals surface area contributed by atoms with Gasteiger partial charge in [-0.3, -0.25) is 14.4 Å². The lowest BCUT2D eigenvalue weighted by Crippen LogP contribution is -2.39. The molecule has 1 aliphatic rings. The standard InChI is InChI=1S/C25H32N6O3/c1-17-8-9-18-19(26-17)10-11-20-25(18)27-21(12-14-30-13-6-5-7-22(30)32)31(20)16-24(34)29(4)15-23(33)28(2)3/h5-7,10-11,13,17,26H,8-9,12,14-16H2,1-4H3/t17-/m0/s1. The Bertz CT molecular complexity index is 1280. The van der Waals surface area contributed by atoms with Gasteiger partial charge in [-0.1, -0.05) is 6.07 Å². The van der Waals surface area contributed by atoms with E-state index in [-0.39, 0.29) is 30.5 Å². The fraction of sp³-hybridized carbons (Fsp3) is 0.440. The van der Waals surface area contributed by atoms with Crippen LogP contribution in [0.15, 0.2) is 41.3 Å². The van der Waals surface area contributed by atoms with Crippen molar-refractivity contribution in [3.63, 3.8) is 0 Å². The first kappa shape index (κ1) is 23.5. The van der Waals surface area contributed by atoms with E-state index in [1.54, 1.807) is 38.0 Å². The lowest BCUT2D eigenvalue weighted by Gasteiger charge is -2.24. The minimum atomic E-state index is -0.169. The molecular formula is C25H32N6O3. The van der Waals surface area contributed by atoms with Gasteiger partial charge in [0.2, 0.25) is 11.8 Å². The second-order valence-electron chi connectivity index (χ2n) is 9.18. The molecule has 0 bridgehead atoms. The van der Waals surface area contributed by atoms with Crippen LogP contribution in [0.5, 0.6) is 0 Å². The molecule has 0 unspecified atom stereocenters. The predicted octanol–water partition coefficient (Wildman–Crippen LogP) is 1.73. The van der Waals surface area contributed by atoms with Gasteiger partial charge in [0, 0.05) is 63.7 Å². The van der Waals surface area contributed by atoms with Crippen molar-refractivity contribution in [3.05, 3.63) is 58.3 Å². The van der Waals surface area contributed by atoms with E-state index < -0.39 is 0 Å². The van der Waals surface area contributed by atoms with Crippen LogP contribution in [0.25, 0.3) is 11.0 Å². The SMILES string of the molecule is C[C@H]1CCc2c(ccc3c2nc(CCn2ccccc2=O)n3CC(=O)N(C)CC(=O)N(C)C)N1. The Kier molecular flexibility index (Phi) is 6.72. The number of carbonyl (C=O) groups excluding carboxylic acids is 2. The van der Waals surface area contributed by atoms with Crippen molar-refractivity contribution >= 4 is 28.5 Å². The highest BCUT2D eigenvalue weighted by molar-refractivity contribution is 5.88. The largest absolute Gasteiger partial charge is 0.382 e. The molecule has 2 amide bonds. The maximum absolute atomic E-state index is 13.1. The highest BCUT2D eigenvalue weighted by atomic mass is 16.2. The predicted molar refractivity (Wildman–Crippen MR) is 132 cm³/mol. The number of nitrogens with one attached hydrogen (secondary N) is 1. The van der Waals surface area contributed by atoms with E-state index in [9.17, 15) is 14.4 Å². The maximum Gasteiger partial charge on any atom is 0.250 e. The summed E-state index contributed by atoms with van der Waals surface area (Å²) in [6.07, 6.45) is 4.20. The number of pyridine rings is 1. The van der Waals surface area contributed by atoms with Gasteiger partial charge in [0.15, 0.2) is 0 Å². The molecule has 3 heterocycles. The number of aromatic nitrogens is 3. The number of likely N-dealkylation sites (N-methyl/N-ethyl adjacent to an activating group) is 2. The van der Waals surface area contributed by atoms with Crippen molar-refractivity contribution in [3.8, 4) is 0 Å². The first-order valence-corrected chi connectivity index (χ1v) is 11.6. The number of rotatable bonds is 7. The molecule has 0 fully saturated rings. The molecule has 180 valence electrons. The molecule has 1 atom stereocenters. The molecule has 0 aliphatic carbocycles. The van der Waals surface area contributed by atoms with Gasteiger partial charge in [-0.05, 0) is 38.0 Å². The van der Waals surface area contributed by atoms with Crippen LogP contribution in [-0.2, 0) is 35.5 Å². The number of benzene rings is 1. The number of fused-ring (bicyclic) bond motifs is 3. The minimum absolute atomic E-state index is 0.0183. The van der Waals surface area contributed by atoms with Crippen molar-refractivity contribution in [2.24, 2.45) is 0 Å². The van der Waals surface area contributed by atoms with Crippen molar-refractivity contribution in [2.45, 2.75) is 45.3 Å². The highest BCUT2D eigenvalue weighted by Crippen LogP contribution is 2.32. The summed E-state index contributed by atoms with van der Waals surface area (Å²) in [4.78, 5) is 45.2. The third-order valence-corrected chi connectivity index (χ3v) is 6.40. The number of anilines is 1. The van der Waals surface area contributed by atoms with E-state index >= 15 is 0 Å². The van der Waals surface area contributed by atoms with Gasteiger partial charge in [0.25, 0.3) is 5.56 Å². The Morgan fingerprint density at radius 2 is 1.94 bits per heavy atom. The van der Waals surface area contributed by atoms with E-state index in [0.717, 1.165) is 41.0 Å². The summed E-state index contributed by atoms with van der Waals surface area (Å²) in [5.74, 6) is 0.444. The van der Waals surface area contributed by atoms with E-state index in [1.807, 2.05) is 16.7 Å². The summed E-state index contributed by atoms with van der Waals surface area (Å²) in [6.45, 7) is 2.72. The van der Waals surface area contributed by atoms with Crippen LogP contribution in [0.4, 0.5) is 5.69 Å². The van der Waals surface area contributed by atoms with E-state index in [2.05, 4.69) is 18.3 Å². The molecule has 0 radical (unpaired) electrons. The second-order valence-corrected chi connectivity index (χ2v) is 9.18. The molecule has 0 saturated heterocycles. The van der Waals surface area contributed by atoms with Crippen LogP contribution in [-0.4, -0.2) is 69.5 Å². The van der Waals surface area contributed by atoms with E-state index in [0.29, 0.717) is 19.0 Å². The van der Waals surface area contributed by atoms with Gasteiger partial charge in [0.1, 0.15) is 12.4 Å². The number of carbonyl (C=O) groups is 2. The van der Waals surface area contributed by atoms with Gasteiger partial charge >= 0.3 is 0 Å². The fourth-order valence-corrected chi connectivity index (χ4v) is 4.30. The molecule has 34 heavy (non-hydrogen) atoms. The lowest BCUT2D eigenvalue weighted by atomic mass is 9.98. The number of hydrogen-bond donors (Lipinski definition) is 1. The Balaban J connectivity index is 1.68. The number of nitrogens with zero attached hydrogens (tertiary/aromatic N) is 5. The molecular weight excluding hydrogens is 432 g/mol. The fourth-order valence-electron chi connectivity index (χ4n) is 4.30. The van der Waals surface area contributed by atoms with E-state index in [4.69, 9.17) is 4.98 Å². The molecule has 2 aromatic heterocycles. The average Bonchev–Trinajstić information content (AvgIpc) is 3.15. The third-order valence-electron chi connectivity index (χ3n) is 6.40. The first-order chi connectivity index (χ1) is 16.2. The van der Waals surface area contributed by atoms with Crippen LogP contribution in [0.3, 0.4) is 0 Å². The third kappa shape index (κ3) is 4.83. The zero-order valence-electron chi connectivity index (χ0n) is 20.2. The number of aryl methyl sites for hydroxylation is 3. The topological polar surface area (TPSA) is 92.5 Å². The zero-order chi connectivity index (χ0) is 24.4. The molecule has 1 aromatic carbocycles. The Morgan fingerprint density at radius 1 is 1.15 bits per heavy atom. The maximum atomic E-state index is 13.1. The molecule has 0 saturated carbocycles. The Morgan fingerprint density at radius 3 is 2.68 bits per heavy atom. The summed E-state index contributed by atoms with van der Waals surface area (Å²) < 4.78 is 3.58. The molecule has 0 spiro atoms. The number of imidazole rings is 1. The van der Waals surface area contributed by atoms with Crippen LogP contribution in [0.2, 0.25) is 0 Å². The average molecular weight is 465 g/mol. The van der Waals surface area contributed by atoms with Crippen LogP contribution in [0, 0.1) is 0 Å². The van der Waals surface area contributed by atoms with Gasteiger partial charge in [-0.15, -0.1) is 0 Å². The summed E-state index contributed by atoms with van der Waals surface area (Å²) in [7, 11) is 4.98. The molecule has 9 nitrogen and oxygen atoms in total. The number of hydrogen-bond acceptors (Lipinski definition) is 5. The van der Waals surface area contributed by atoms with Crippen molar-refractivity contribution in [1.82, 2.24) is 23.9 Å². The number of amides is 2. The normalized spacial score (nSPS) is 15.0. The van der Waals surface area contributed by atoms with E-state index in [1.165, 1.54) is 15.9 Å². The molecule has 3 aromatic rings. The monoisotopic (exact) mass is 464 g/mol. The van der Waals surface area contributed by atoms with Gasteiger partial charge in [-0.2, -0.15) is 0 Å². The van der Waals surface area contributed by atoms with Crippen LogP contribution < -0.4 is 10.9 Å². The molecule has 9 heteroatoms. The Hall–Kier alpha value is -3.62. The van der Waals surface area contributed by atoms with Crippen molar-refractivity contribution in [2.75, 3.05) is 33.0 Å². The van der Waals surface area contributed by atoms with Gasteiger partial charge < -0.3 is 24.3 Å². The first-order valence-electron chi connectivity index (χ1n) is 11.6. The van der Waals surface area contributed by atoms with Gasteiger partial charge in [-0.25, -0.2) is 4.98 Å². The quantitative estimate of drug-likeness (QED) is 0.575. The second kappa shape index (κ2) is 9.70. The zero-order valence-corrected chi connectivity index (χ0v) is 20.2. The summed E-state index contributed by atoms with van der Waals surface area (Å²) in [5.41, 5.74) is 3.97. The smallest absolute Gasteiger partial charge is 0.250 e. The molecule has 1 aliphatic heterocycles. The molecule has 1 N–H and O–H groups in total. The molecule has 4 rings (SSSR count). The van der Waals surface area contributed by atoms with Crippen molar-refractivity contribution in [1.29, 1.82) is 0 Å². The minimum Gasteiger partial charge on any atom is -0.382 e. The highest BCUT2D eigenvalue weighted by Gasteiger charge is 2.23. The summed E-state index contributed by atoms with van der Waals surface area (Å²) in [5, 5.41) is 3.53. The summed E-state index contributed by atoms with van der Waals surface area (Å²) in [6, 6.07) is 9.54. The van der Waals surface area contributed by atoms with Crippen molar-refractivity contribution < 1.29 is 9.59 Å². The van der Waals surface area contributed by atoms with Gasteiger partial charge in [0.05, 0.1) is 17.6 Å². The Labute approximate surface area is 199 Å². The van der Waals surface area contributed by atoms with Crippen LogP contribution >= 0.6 is 0 Å².